The van der Waals surface area contributed by atoms with Crippen LogP contribution in [0.2, 0.25) is 0 Å². The van der Waals surface area contributed by atoms with Crippen molar-refractivity contribution >= 4 is 11.6 Å². The molecule has 7 nitrogen and oxygen atoms in total. The summed E-state index contributed by atoms with van der Waals surface area (Å²) in [5.41, 5.74) is 1.58. The second-order valence-electron chi connectivity index (χ2n) is 4.12. The Morgan fingerprint density at radius 1 is 1.35 bits per heavy atom. The summed E-state index contributed by atoms with van der Waals surface area (Å²) in [6, 6.07) is 4.98. The molecule has 0 aliphatic carbocycles. The Balaban J connectivity index is 2.10. The Hall–Kier alpha value is -2.70. The number of anilines is 1. The first-order chi connectivity index (χ1) is 9.61. The highest BCUT2D eigenvalue weighted by atomic mass is 16.6. The van der Waals surface area contributed by atoms with Crippen LogP contribution in [0.15, 0.2) is 30.6 Å². The minimum atomic E-state index is -0.386. The van der Waals surface area contributed by atoms with Crippen molar-refractivity contribution in [3.8, 4) is 5.75 Å². The fraction of sp³-hybridized carbons (Fsp3) is 0.231. The van der Waals surface area contributed by atoms with E-state index < -0.39 is 0 Å². The molecular weight excluding hydrogens is 260 g/mol. The number of methoxy groups -OCH3 is 1. The van der Waals surface area contributed by atoms with Crippen LogP contribution in [0.5, 0.6) is 5.75 Å². The van der Waals surface area contributed by atoms with Crippen molar-refractivity contribution in [2.75, 3.05) is 12.4 Å². The van der Waals surface area contributed by atoms with Crippen molar-refractivity contribution in [3.63, 3.8) is 0 Å². The van der Waals surface area contributed by atoms with E-state index in [4.69, 9.17) is 4.74 Å². The number of aromatic nitrogens is 2. The van der Waals surface area contributed by atoms with Gasteiger partial charge in [-0.25, -0.2) is 9.97 Å². The second-order valence-corrected chi connectivity index (χ2v) is 4.12. The number of hydrogen-bond donors (Lipinski definition) is 1. The standard InChI is InChI=1S/C13H14N4O3/c1-9-10(4-3-5-12(9)17(18)19)6-14-13-15-7-11(20-2)8-16-13/h3-5,7-8H,6H2,1-2H3,(H,14,15,16). The molecule has 0 spiro atoms. The van der Waals surface area contributed by atoms with Gasteiger partial charge in [0.2, 0.25) is 5.95 Å². The number of nitrogens with zero attached hydrogens (tertiary/aromatic N) is 3. The van der Waals surface area contributed by atoms with Gasteiger partial charge in [-0.15, -0.1) is 0 Å². The Kier molecular flexibility index (Phi) is 4.09. The quantitative estimate of drug-likeness (QED) is 0.664. The van der Waals surface area contributed by atoms with E-state index in [1.54, 1.807) is 25.4 Å². The van der Waals surface area contributed by atoms with Gasteiger partial charge in [-0.05, 0) is 12.5 Å². The molecule has 2 rings (SSSR count). The van der Waals surface area contributed by atoms with Crippen molar-refractivity contribution in [3.05, 3.63) is 51.8 Å². The maximum Gasteiger partial charge on any atom is 0.272 e. The number of hydrogen-bond acceptors (Lipinski definition) is 6. The topological polar surface area (TPSA) is 90.2 Å². The lowest BCUT2D eigenvalue weighted by Crippen LogP contribution is -2.06. The molecule has 104 valence electrons. The van der Waals surface area contributed by atoms with Crippen molar-refractivity contribution < 1.29 is 9.66 Å². The predicted octanol–water partition coefficient (Wildman–Crippen LogP) is 2.31. The van der Waals surface area contributed by atoms with Crippen LogP contribution in [-0.2, 0) is 6.54 Å². The van der Waals surface area contributed by atoms with E-state index in [1.807, 2.05) is 6.07 Å². The van der Waals surface area contributed by atoms with Crippen LogP contribution in [0, 0.1) is 17.0 Å². The van der Waals surface area contributed by atoms with Gasteiger partial charge >= 0.3 is 0 Å². The monoisotopic (exact) mass is 274 g/mol. The molecule has 0 aliphatic rings. The Morgan fingerprint density at radius 2 is 2.05 bits per heavy atom. The van der Waals surface area contributed by atoms with Gasteiger partial charge in [0, 0.05) is 18.2 Å². The SMILES string of the molecule is COc1cnc(NCc2cccc([N+](=O)[O-])c2C)nc1. The molecule has 1 aromatic carbocycles. The molecule has 20 heavy (non-hydrogen) atoms. The molecule has 0 aliphatic heterocycles. The molecule has 0 saturated heterocycles. The van der Waals surface area contributed by atoms with Crippen molar-refractivity contribution in [2.45, 2.75) is 13.5 Å². The molecule has 1 heterocycles. The number of ether oxygens (including phenoxy) is 1. The summed E-state index contributed by atoms with van der Waals surface area (Å²) in [6.07, 6.45) is 3.10. The van der Waals surface area contributed by atoms with E-state index in [1.165, 1.54) is 13.2 Å². The van der Waals surface area contributed by atoms with Gasteiger partial charge in [0.15, 0.2) is 5.75 Å². The molecule has 0 fully saturated rings. The predicted molar refractivity (Wildman–Crippen MR) is 73.7 cm³/mol. The second kappa shape index (κ2) is 5.96. The third kappa shape index (κ3) is 3.00. The number of nitro benzene ring substituents is 1. The van der Waals surface area contributed by atoms with Crippen LogP contribution in [0.1, 0.15) is 11.1 Å². The van der Waals surface area contributed by atoms with Crippen molar-refractivity contribution in [2.24, 2.45) is 0 Å². The fourth-order valence-corrected chi connectivity index (χ4v) is 1.75. The highest BCUT2D eigenvalue weighted by molar-refractivity contribution is 5.45. The third-order valence-corrected chi connectivity index (χ3v) is 2.91. The summed E-state index contributed by atoms with van der Waals surface area (Å²) in [6.45, 7) is 2.14. The number of nitrogens with one attached hydrogen (secondary N) is 1. The minimum Gasteiger partial charge on any atom is -0.494 e. The highest BCUT2D eigenvalue weighted by Crippen LogP contribution is 2.21. The zero-order valence-corrected chi connectivity index (χ0v) is 11.2. The average Bonchev–Trinajstić information content (AvgIpc) is 2.46. The Morgan fingerprint density at radius 3 is 2.65 bits per heavy atom. The largest absolute Gasteiger partial charge is 0.494 e. The van der Waals surface area contributed by atoms with E-state index in [0.29, 0.717) is 23.8 Å². The lowest BCUT2D eigenvalue weighted by molar-refractivity contribution is -0.385. The van der Waals surface area contributed by atoms with Crippen molar-refractivity contribution in [1.29, 1.82) is 0 Å². The van der Waals surface area contributed by atoms with Crippen LogP contribution in [0.4, 0.5) is 11.6 Å². The van der Waals surface area contributed by atoms with E-state index in [0.717, 1.165) is 5.56 Å². The molecule has 2 aromatic rings. The average molecular weight is 274 g/mol. The zero-order valence-electron chi connectivity index (χ0n) is 11.2. The minimum absolute atomic E-state index is 0.111. The molecule has 0 atom stereocenters. The van der Waals surface area contributed by atoms with Gasteiger partial charge in [0.05, 0.1) is 24.4 Å². The smallest absolute Gasteiger partial charge is 0.272 e. The van der Waals surface area contributed by atoms with Crippen LogP contribution in [0.3, 0.4) is 0 Å². The summed E-state index contributed by atoms with van der Waals surface area (Å²) < 4.78 is 4.97. The first-order valence-corrected chi connectivity index (χ1v) is 5.94. The molecule has 7 heteroatoms. The molecule has 0 bridgehead atoms. The maximum atomic E-state index is 10.9. The molecule has 0 radical (unpaired) electrons. The van der Waals surface area contributed by atoms with Gasteiger partial charge in [-0.3, -0.25) is 10.1 Å². The molecule has 1 aromatic heterocycles. The molecule has 0 saturated carbocycles. The molecule has 0 amide bonds. The summed E-state index contributed by atoms with van der Waals surface area (Å²) >= 11 is 0. The van der Waals surface area contributed by atoms with Crippen LogP contribution in [0.25, 0.3) is 0 Å². The molecular formula is C13H14N4O3. The number of rotatable bonds is 5. The van der Waals surface area contributed by atoms with Crippen molar-refractivity contribution in [1.82, 2.24) is 9.97 Å². The van der Waals surface area contributed by atoms with Gasteiger partial charge in [0.25, 0.3) is 5.69 Å². The fourth-order valence-electron chi connectivity index (χ4n) is 1.75. The number of benzene rings is 1. The summed E-state index contributed by atoms with van der Waals surface area (Å²) in [7, 11) is 1.54. The van der Waals surface area contributed by atoms with Gasteiger partial charge in [-0.1, -0.05) is 12.1 Å². The lowest BCUT2D eigenvalue weighted by Gasteiger charge is -2.08. The molecule has 1 N–H and O–H groups in total. The first-order valence-electron chi connectivity index (χ1n) is 5.94. The summed E-state index contributed by atoms with van der Waals surface area (Å²) in [4.78, 5) is 18.6. The molecule has 0 unspecified atom stereocenters. The van der Waals surface area contributed by atoms with Crippen LogP contribution >= 0.6 is 0 Å². The summed E-state index contributed by atoms with van der Waals surface area (Å²) in [5.74, 6) is 1.01. The van der Waals surface area contributed by atoms with Crippen LogP contribution in [-0.4, -0.2) is 22.0 Å². The van der Waals surface area contributed by atoms with E-state index in [9.17, 15) is 10.1 Å². The first kappa shape index (κ1) is 13.7. The maximum absolute atomic E-state index is 10.9. The Labute approximate surface area is 115 Å². The number of nitro groups is 1. The van der Waals surface area contributed by atoms with Gasteiger partial charge in [0.1, 0.15) is 0 Å². The summed E-state index contributed by atoms with van der Waals surface area (Å²) in [5, 5.41) is 13.9. The zero-order chi connectivity index (χ0) is 14.5. The van der Waals surface area contributed by atoms with E-state index in [-0.39, 0.29) is 10.6 Å². The van der Waals surface area contributed by atoms with E-state index in [2.05, 4.69) is 15.3 Å². The highest BCUT2D eigenvalue weighted by Gasteiger charge is 2.12. The van der Waals surface area contributed by atoms with Gasteiger partial charge in [-0.2, -0.15) is 0 Å². The third-order valence-electron chi connectivity index (χ3n) is 2.91. The van der Waals surface area contributed by atoms with Gasteiger partial charge < -0.3 is 10.1 Å². The Bertz CT molecular complexity index is 614. The van der Waals surface area contributed by atoms with E-state index >= 15 is 0 Å². The van der Waals surface area contributed by atoms with Crippen LogP contribution < -0.4 is 10.1 Å². The normalized spacial score (nSPS) is 10.1. The lowest BCUT2D eigenvalue weighted by atomic mass is 10.1.